The number of amides is 1. The van der Waals surface area contributed by atoms with Crippen LogP contribution in [0, 0.1) is 0 Å². The molecule has 118 valence electrons. The van der Waals surface area contributed by atoms with Crippen molar-refractivity contribution in [1.82, 2.24) is 15.6 Å². The molecular weight excluding hydrogens is 296 g/mol. The Morgan fingerprint density at radius 1 is 1.57 bits per heavy atom. The van der Waals surface area contributed by atoms with E-state index in [-0.39, 0.29) is 11.5 Å². The number of rotatable bonds is 3. The van der Waals surface area contributed by atoms with Gasteiger partial charge >= 0.3 is 0 Å². The first kappa shape index (κ1) is 16.3. The number of hydrogen-bond donors (Lipinski definition) is 2. The molecule has 0 saturated carbocycles. The maximum Gasteiger partial charge on any atom is 0.262 e. The molecule has 1 saturated heterocycles. The number of nitrogens with one attached hydrogen (secondary N) is 2. The van der Waals surface area contributed by atoms with E-state index in [0.29, 0.717) is 0 Å². The zero-order valence-corrected chi connectivity index (χ0v) is 13.5. The Morgan fingerprint density at radius 2 is 2.24 bits per heavy atom. The second-order valence-electron chi connectivity index (χ2n) is 6.54. The second kappa shape index (κ2) is 5.61. The van der Waals surface area contributed by atoms with Gasteiger partial charge in [0, 0.05) is 17.2 Å². The summed E-state index contributed by atoms with van der Waals surface area (Å²) in [6.45, 7) is 7.58. The molecule has 21 heavy (non-hydrogen) atoms. The van der Waals surface area contributed by atoms with Gasteiger partial charge in [-0.3, -0.25) is 10.1 Å². The normalized spacial score (nSPS) is 23.0. The van der Waals surface area contributed by atoms with Crippen LogP contribution in [0.3, 0.4) is 0 Å². The van der Waals surface area contributed by atoms with Crippen LogP contribution in [0.5, 0.6) is 0 Å². The van der Waals surface area contributed by atoms with Gasteiger partial charge in [-0.1, -0.05) is 20.8 Å². The topological polar surface area (TPSA) is 54.0 Å². The molecule has 2 rings (SSSR count). The minimum Gasteiger partial charge on any atom is -0.346 e. The van der Waals surface area contributed by atoms with E-state index in [9.17, 15) is 13.6 Å². The molecule has 7 heteroatoms. The number of nitrogens with zero attached hydrogens (tertiary/aromatic N) is 1. The number of aromatic nitrogens is 1. The van der Waals surface area contributed by atoms with Crippen molar-refractivity contribution < 1.29 is 13.6 Å². The smallest absolute Gasteiger partial charge is 0.262 e. The molecule has 2 N–H and O–H groups in total. The van der Waals surface area contributed by atoms with Gasteiger partial charge in [0.05, 0.1) is 24.3 Å². The highest BCUT2D eigenvalue weighted by molar-refractivity contribution is 7.09. The van der Waals surface area contributed by atoms with E-state index in [0.717, 1.165) is 10.7 Å². The number of alkyl halides is 2. The van der Waals surface area contributed by atoms with Gasteiger partial charge in [0.25, 0.3) is 5.92 Å². The van der Waals surface area contributed by atoms with Gasteiger partial charge in [0.15, 0.2) is 0 Å². The highest BCUT2D eigenvalue weighted by atomic mass is 32.1. The molecule has 2 atom stereocenters. The average molecular weight is 317 g/mol. The summed E-state index contributed by atoms with van der Waals surface area (Å²) in [5, 5.41) is 8.07. The van der Waals surface area contributed by atoms with Crippen LogP contribution in [0.25, 0.3) is 0 Å². The molecule has 1 aromatic rings. The van der Waals surface area contributed by atoms with Crippen molar-refractivity contribution in [1.29, 1.82) is 0 Å². The summed E-state index contributed by atoms with van der Waals surface area (Å²) >= 11 is 1.47. The minimum atomic E-state index is -2.80. The first-order valence-electron chi connectivity index (χ1n) is 6.96. The number of hydrogen-bond acceptors (Lipinski definition) is 4. The Kier molecular flexibility index (Phi) is 4.35. The zero-order valence-electron chi connectivity index (χ0n) is 12.7. The first-order valence-corrected chi connectivity index (χ1v) is 7.84. The molecule has 0 aromatic carbocycles. The zero-order chi connectivity index (χ0) is 15.8. The fourth-order valence-electron chi connectivity index (χ4n) is 2.11. The van der Waals surface area contributed by atoms with Crippen molar-refractivity contribution in [2.24, 2.45) is 0 Å². The third kappa shape index (κ3) is 3.97. The Bertz CT molecular complexity index is 525. The van der Waals surface area contributed by atoms with Crippen molar-refractivity contribution in [3.63, 3.8) is 0 Å². The molecule has 1 aliphatic heterocycles. The van der Waals surface area contributed by atoms with E-state index >= 15 is 0 Å². The Morgan fingerprint density at radius 3 is 2.71 bits per heavy atom. The van der Waals surface area contributed by atoms with Crippen LogP contribution in [-0.2, 0) is 10.2 Å². The van der Waals surface area contributed by atoms with Gasteiger partial charge in [-0.25, -0.2) is 13.8 Å². The van der Waals surface area contributed by atoms with Gasteiger partial charge in [-0.15, -0.1) is 11.3 Å². The third-order valence-corrected chi connectivity index (χ3v) is 4.47. The van der Waals surface area contributed by atoms with Crippen LogP contribution in [-0.4, -0.2) is 29.4 Å². The maximum atomic E-state index is 13.1. The van der Waals surface area contributed by atoms with E-state index in [1.165, 1.54) is 11.3 Å². The molecule has 1 fully saturated rings. The van der Waals surface area contributed by atoms with Crippen LogP contribution in [0.1, 0.15) is 50.9 Å². The number of carbonyl (C=O) groups is 1. The van der Waals surface area contributed by atoms with Gasteiger partial charge in [-0.05, 0) is 6.92 Å². The van der Waals surface area contributed by atoms with Gasteiger partial charge in [0.1, 0.15) is 5.01 Å². The summed E-state index contributed by atoms with van der Waals surface area (Å²) < 4.78 is 26.2. The summed E-state index contributed by atoms with van der Waals surface area (Å²) in [5.74, 6) is -3.20. The fourth-order valence-corrected chi connectivity index (χ4v) is 3.16. The lowest BCUT2D eigenvalue weighted by Crippen LogP contribution is -2.41. The second-order valence-corrected chi connectivity index (χ2v) is 7.43. The average Bonchev–Trinajstić information content (AvgIpc) is 2.94. The van der Waals surface area contributed by atoms with E-state index in [1.807, 2.05) is 12.3 Å². The molecule has 1 aliphatic rings. The van der Waals surface area contributed by atoms with Crippen LogP contribution >= 0.6 is 11.3 Å². The monoisotopic (exact) mass is 317 g/mol. The molecule has 2 unspecified atom stereocenters. The van der Waals surface area contributed by atoms with Crippen molar-refractivity contribution in [2.75, 3.05) is 6.54 Å². The van der Waals surface area contributed by atoms with Crippen LogP contribution < -0.4 is 10.6 Å². The number of thiazole rings is 1. The SMILES string of the molecule is CC(NC(=O)C1CC(F)(F)CN1)c1nc(C(C)(C)C)cs1. The van der Waals surface area contributed by atoms with Crippen molar-refractivity contribution in [3.05, 3.63) is 16.1 Å². The Hall–Kier alpha value is -1.08. The standard InChI is InChI=1S/C14H21F2N3OS/c1-8(12-19-10(6-21-12)13(2,3)4)18-11(20)9-5-14(15,16)7-17-9/h6,8-9,17H,5,7H2,1-4H3,(H,18,20). The summed E-state index contributed by atoms with van der Waals surface area (Å²) in [7, 11) is 0. The highest BCUT2D eigenvalue weighted by Crippen LogP contribution is 2.28. The third-order valence-electron chi connectivity index (χ3n) is 3.45. The largest absolute Gasteiger partial charge is 0.346 e. The lowest BCUT2D eigenvalue weighted by atomic mass is 9.93. The highest BCUT2D eigenvalue weighted by Gasteiger charge is 2.42. The van der Waals surface area contributed by atoms with Crippen molar-refractivity contribution in [3.8, 4) is 0 Å². The minimum absolute atomic E-state index is 0.0481. The number of carbonyl (C=O) groups excluding carboxylic acids is 1. The predicted octanol–water partition coefficient (Wildman–Crippen LogP) is 2.62. The van der Waals surface area contributed by atoms with Crippen LogP contribution in [0.4, 0.5) is 8.78 Å². The molecule has 2 heterocycles. The van der Waals surface area contributed by atoms with Gasteiger partial charge in [0.2, 0.25) is 5.91 Å². The predicted molar refractivity (Wildman–Crippen MR) is 78.7 cm³/mol. The maximum absolute atomic E-state index is 13.1. The molecule has 0 radical (unpaired) electrons. The molecule has 0 aliphatic carbocycles. The van der Waals surface area contributed by atoms with Gasteiger partial charge < -0.3 is 5.32 Å². The number of halogens is 2. The Balaban J connectivity index is 1.97. The summed E-state index contributed by atoms with van der Waals surface area (Å²) in [5.41, 5.74) is 0.919. The quantitative estimate of drug-likeness (QED) is 0.901. The van der Waals surface area contributed by atoms with E-state index < -0.39 is 30.8 Å². The molecule has 1 aromatic heterocycles. The fraction of sp³-hybridized carbons (Fsp3) is 0.714. The van der Waals surface area contributed by atoms with E-state index in [2.05, 4.69) is 36.4 Å². The molecule has 0 spiro atoms. The Labute approximate surface area is 127 Å². The van der Waals surface area contributed by atoms with Gasteiger partial charge in [-0.2, -0.15) is 0 Å². The lowest BCUT2D eigenvalue weighted by Gasteiger charge is -2.17. The summed E-state index contributed by atoms with van der Waals surface area (Å²) in [4.78, 5) is 16.5. The van der Waals surface area contributed by atoms with Crippen LogP contribution in [0.2, 0.25) is 0 Å². The molecule has 4 nitrogen and oxygen atoms in total. The lowest BCUT2D eigenvalue weighted by molar-refractivity contribution is -0.124. The van der Waals surface area contributed by atoms with Crippen molar-refractivity contribution >= 4 is 17.2 Å². The molecule has 0 bridgehead atoms. The summed E-state index contributed by atoms with van der Waals surface area (Å²) in [6, 6.07) is -1.11. The first-order chi connectivity index (χ1) is 9.58. The summed E-state index contributed by atoms with van der Waals surface area (Å²) in [6.07, 6.45) is -0.448. The van der Waals surface area contributed by atoms with E-state index in [1.54, 1.807) is 0 Å². The van der Waals surface area contributed by atoms with E-state index in [4.69, 9.17) is 0 Å². The van der Waals surface area contributed by atoms with Crippen molar-refractivity contribution in [2.45, 2.75) is 57.5 Å². The molecule has 1 amide bonds. The molecular formula is C14H21F2N3OS. The van der Waals surface area contributed by atoms with Crippen LogP contribution in [0.15, 0.2) is 5.38 Å².